The Balaban J connectivity index is 1.41. The quantitative estimate of drug-likeness (QED) is 0.491. The fraction of sp³-hybridized carbons (Fsp3) is 0.263. The van der Waals surface area contributed by atoms with Crippen LogP contribution in [0.1, 0.15) is 16.8 Å². The summed E-state index contributed by atoms with van der Waals surface area (Å²) in [6, 6.07) is 10.1. The first kappa shape index (κ1) is 17.8. The maximum Gasteiger partial charge on any atom is 0.226 e. The number of thioether (sulfide) groups is 1. The van der Waals surface area contributed by atoms with Crippen LogP contribution < -0.4 is 5.32 Å². The number of hydrogen-bond acceptors (Lipinski definition) is 5. The second kappa shape index (κ2) is 8.36. The highest BCUT2D eigenvalue weighted by Crippen LogP contribution is 2.24. The molecule has 0 atom stereocenters. The number of aromatic nitrogens is 1. The number of nitrogens with one attached hydrogen (secondary N) is 1. The highest BCUT2D eigenvalue weighted by atomic mass is 32.2. The molecule has 3 aromatic rings. The maximum absolute atomic E-state index is 12.0. The van der Waals surface area contributed by atoms with Crippen LogP contribution in [0.15, 0.2) is 51.3 Å². The van der Waals surface area contributed by atoms with Gasteiger partial charge in [-0.3, -0.25) is 4.79 Å². The zero-order valence-corrected chi connectivity index (χ0v) is 15.9. The number of amides is 1. The van der Waals surface area contributed by atoms with E-state index in [0.29, 0.717) is 13.0 Å². The van der Waals surface area contributed by atoms with Crippen molar-refractivity contribution in [2.75, 3.05) is 12.3 Å². The Morgan fingerprint density at radius 1 is 1.28 bits per heavy atom. The van der Waals surface area contributed by atoms with Gasteiger partial charge in [0.2, 0.25) is 5.91 Å². The number of carbonyl (C=O) groups is 1. The summed E-state index contributed by atoms with van der Waals surface area (Å²) in [6.45, 7) is 4.87. The number of nitrogens with zero attached hydrogens (tertiary/aromatic N) is 1. The van der Waals surface area contributed by atoms with Crippen LogP contribution in [0.4, 0.5) is 0 Å². The Kier molecular flexibility index (Phi) is 5.94. The van der Waals surface area contributed by atoms with Gasteiger partial charge >= 0.3 is 0 Å². The lowest BCUT2D eigenvalue weighted by Crippen LogP contribution is -2.27. The van der Waals surface area contributed by atoms with Crippen molar-refractivity contribution in [3.63, 3.8) is 0 Å². The molecule has 0 saturated carbocycles. The minimum Gasteiger partial charge on any atom is -0.462 e. The Morgan fingerprint density at radius 3 is 2.92 bits per heavy atom. The van der Waals surface area contributed by atoms with E-state index < -0.39 is 0 Å². The molecular weight excluding hydrogens is 352 g/mol. The van der Waals surface area contributed by atoms with Gasteiger partial charge < -0.3 is 9.73 Å². The van der Waals surface area contributed by atoms with E-state index in [2.05, 4.69) is 42.3 Å². The number of thiazole rings is 1. The summed E-state index contributed by atoms with van der Waals surface area (Å²) in [4.78, 5) is 17.7. The van der Waals surface area contributed by atoms with E-state index in [1.807, 2.05) is 17.5 Å². The highest BCUT2D eigenvalue weighted by Gasteiger charge is 2.10. The van der Waals surface area contributed by atoms with Gasteiger partial charge in [-0.2, -0.15) is 0 Å². The number of aryl methyl sites for hydroxylation is 2. The molecule has 0 aliphatic rings. The van der Waals surface area contributed by atoms with Crippen molar-refractivity contribution in [2.45, 2.75) is 25.2 Å². The summed E-state index contributed by atoms with van der Waals surface area (Å²) in [5, 5.41) is 5.66. The Morgan fingerprint density at radius 2 is 2.16 bits per heavy atom. The normalized spacial score (nSPS) is 10.8. The predicted octanol–water partition coefficient (Wildman–Crippen LogP) is 4.47. The molecule has 2 aromatic heterocycles. The fourth-order valence-electron chi connectivity index (χ4n) is 2.29. The van der Waals surface area contributed by atoms with Crippen LogP contribution in [0.25, 0.3) is 10.8 Å². The molecule has 1 N–H and O–H groups in total. The van der Waals surface area contributed by atoms with Gasteiger partial charge in [-0.1, -0.05) is 6.07 Å². The number of benzene rings is 1. The molecule has 2 heterocycles. The standard InChI is InChI=1S/C19H20N2O2S2/c1-13-5-6-16(10-14(13)2)24-9-7-20-18(22)11-15-12-25-19(21-15)17-4-3-8-23-17/h3-6,8,10,12H,7,9,11H2,1-2H3,(H,20,22). The third-order valence-corrected chi connectivity index (χ3v) is 5.70. The minimum atomic E-state index is -0.00279. The largest absolute Gasteiger partial charge is 0.462 e. The summed E-state index contributed by atoms with van der Waals surface area (Å²) >= 11 is 3.24. The molecule has 0 bridgehead atoms. The average molecular weight is 373 g/mol. The molecule has 1 amide bonds. The van der Waals surface area contributed by atoms with Crippen molar-refractivity contribution in [1.82, 2.24) is 10.3 Å². The molecule has 4 nitrogen and oxygen atoms in total. The fourth-order valence-corrected chi connectivity index (χ4v) is 3.94. The van der Waals surface area contributed by atoms with Crippen LogP contribution in [-0.2, 0) is 11.2 Å². The molecular formula is C19H20N2O2S2. The van der Waals surface area contributed by atoms with E-state index in [1.165, 1.54) is 27.4 Å². The third kappa shape index (κ3) is 4.96. The lowest BCUT2D eigenvalue weighted by atomic mass is 10.1. The van der Waals surface area contributed by atoms with Crippen molar-refractivity contribution >= 4 is 29.0 Å². The first-order valence-corrected chi connectivity index (χ1v) is 9.93. The van der Waals surface area contributed by atoms with Crippen LogP contribution in [0.3, 0.4) is 0 Å². The summed E-state index contributed by atoms with van der Waals surface area (Å²) in [5.74, 6) is 1.58. The van der Waals surface area contributed by atoms with Crippen molar-refractivity contribution in [3.05, 3.63) is 58.8 Å². The number of furan rings is 1. The topological polar surface area (TPSA) is 55.1 Å². The summed E-state index contributed by atoms with van der Waals surface area (Å²) in [5.41, 5.74) is 3.37. The number of rotatable bonds is 7. The minimum absolute atomic E-state index is 0.00279. The van der Waals surface area contributed by atoms with E-state index in [9.17, 15) is 4.79 Å². The zero-order valence-electron chi connectivity index (χ0n) is 14.2. The number of carbonyl (C=O) groups excluding carboxylic acids is 1. The Hall–Kier alpha value is -2.05. The van der Waals surface area contributed by atoms with Crippen molar-refractivity contribution in [2.24, 2.45) is 0 Å². The molecule has 3 rings (SSSR count). The summed E-state index contributed by atoms with van der Waals surface area (Å²) in [7, 11) is 0. The van der Waals surface area contributed by atoms with E-state index >= 15 is 0 Å². The molecule has 0 aliphatic carbocycles. The second-order valence-electron chi connectivity index (χ2n) is 5.74. The molecule has 1 aromatic carbocycles. The molecule has 25 heavy (non-hydrogen) atoms. The van der Waals surface area contributed by atoms with Gasteiger partial charge in [-0.05, 0) is 49.2 Å². The SMILES string of the molecule is Cc1ccc(SCCNC(=O)Cc2csc(-c3ccco3)n2)cc1C. The summed E-state index contributed by atoms with van der Waals surface area (Å²) in [6.07, 6.45) is 1.92. The summed E-state index contributed by atoms with van der Waals surface area (Å²) < 4.78 is 5.32. The molecule has 6 heteroatoms. The van der Waals surface area contributed by atoms with Gasteiger partial charge in [0.1, 0.15) is 0 Å². The van der Waals surface area contributed by atoms with Gasteiger partial charge in [0.05, 0.1) is 18.4 Å². The van der Waals surface area contributed by atoms with Crippen LogP contribution in [0.5, 0.6) is 0 Å². The van der Waals surface area contributed by atoms with Gasteiger partial charge in [0.25, 0.3) is 0 Å². The smallest absolute Gasteiger partial charge is 0.226 e. The monoisotopic (exact) mass is 372 g/mol. The lowest BCUT2D eigenvalue weighted by molar-refractivity contribution is -0.120. The predicted molar refractivity (Wildman–Crippen MR) is 103 cm³/mol. The Bertz CT molecular complexity index is 841. The second-order valence-corrected chi connectivity index (χ2v) is 7.77. The lowest BCUT2D eigenvalue weighted by Gasteiger charge is -2.06. The van der Waals surface area contributed by atoms with Crippen LogP contribution >= 0.6 is 23.1 Å². The highest BCUT2D eigenvalue weighted by molar-refractivity contribution is 7.99. The van der Waals surface area contributed by atoms with E-state index in [1.54, 1.807) is 18.0 Å². The van der Waals surface area contributed by atoms with Gasteiger partial charge in [0, 0.05) is 22.6 Å². The molecule has 0 radical (unpaired) electrons. The van der Waals surface area contributed by atoms with Gasteiger partial charge in [-0.25, -0.2) is 4.98 Å². The Labute approximate surface area is 155 Å². The van der Waals surface area contributed by atoms with Crippen molar-refractivity contribution < 1.29 is 9.21 Å². The van der Waals surface area contributed by atoms with Gasteiger partial charge in [-0.15, -0.1) is 23.1 Å². The first-order valence-electron chi connectivity index (χ1n) is 8.07. The van der Waals surface area contributed by atoms with E-state index in [-0.39, 0.29) is 5.91 Å². The van der Waals surface area contributed by atoms with Crippen molar-refractivity contribution in [1.29, 1.82) is 0 Å². The maximum atomic E-state index is 12.0. The van der Waals surface area contributed by atoms with Crippen LogP contribution in [0.2, 0.25) is 0 Å². The number of hydrogen-bond donors (Lipinski definition) is 1. The van der Waals surface area contributed by atoms with Crippen molar-refractivity contribution in [3.8, 4) is 10.8 Å². The molecule has 0 saturated heterocycles. The van der Waals surface area contributed by atoms with Crippen LogP contribution in [-0.4, -0.2) is 23.2 Å². The van der Waals surface area contributed by atoms with E-state index in [0.717, 1.165) is 22.2 Å². The molecule has 0 unspecified atom stereocenters. The zero-order chi connectivity index (χ0) is 17.6. The van der Waals surface area contributed by atoms with Gasteiger partial charge in [0.15, 0.2) is 10.8 Å². The van der Waals surface area contributed by atoms with E-state index in [4.69, 9.17) is 4.42 Å². The molecule has 130 valence electrons. The first-order chi connectivity index (χ1) is 12.1. The average Bonchev–Trinajstić information content (AvgIpc) is 3.26. The molecule has 0 spiro atoms. The third-order valence-electron chi connectivity index (χ3n) is 3.80. The van der Waals surface area contributed by atoms with Crippen LogP contribution in [0, 0.1) is 13.8 Å². The molecule has 0 aliphatic heterocycles. The molecule has 0 fully saturated rings.